The fourth-order valence-electron chi connectivity index (χ4n) is 2.45. The van der Waals surface area contributed by atoms with E-state index in [1.807, 2.05) is 13.0 Å². The number of hydrogen-bond acceptors (Lipinski definition) is 4. The Balaban J connectivity index is 1.80. The first kappa shape index (κ1) is 13.1. The molecular formula is C14H23N3O. The molecule has 1 fully saturated rings. The zero-order valence-electron chi connectivity index (χ0n) is 11.4. The Kier molecular flexibility index (Phi) is 4.79. The molecule has 0 aromatic carbocycles. The third-order valence-corrected chi connectivity index (χ3v) is 3.64. The second-order valence-corrected chi connectivity index (χ2v) is 5.18. The Labute approximate surface area is 109 Å². The molecule has 0 saturated heterocycles. The van der Waals surface area contributed by atoms with E-state index in [2.05, 4.69) is 22.2 Å². The zero-order chi connectivity index (χ0) is 12.8. The Morgan fingerprint density at radius 2 is 2.06 bits per heavy atom. The summed E-state index contributed by atoms with van der Waals surface area (Å²) < 4.78 is 5.36. The summed E-state index contributed by atoms with van der Waals surface area (Å²) in [4.78, 5) is 8.28. The molecule has 18 heavy (non-hydrogen) atoms. The van der Waals surface area contributed by atoms with Gasteiger partial charge in [-0.2, -0.15) is 0 Å². The third-order valence-electron chi connectivity index (χ3n) is 3.64. The van der Waals surface area contributed by atoms with Crippen molar-refractivity contribution in [3.63, 3.8) is 0 Å². The van der Waals surface area contributed by atoms with E-state index in [0.29, 0.717) is 12.5 Å². The summed E-state index contributed by atoms with van der Waals surface area (Å²) in [5.41, 5.74) is 0. The highest BCUT2D eigenvalue weighted by atomic mass is 16.5. The smallest absolute Gasteiger partial charge is 0.218 e. The largest absolute Gasteiger partial charge is 0.478 e. The Morgan fingerprint density at radius 3 is 2.78 bits per heavy atom. The second-order valence-electron chi connectivity index (χ2n) is 5.18. The molecule has 0 unspecified atom stereocenters. The second kappa shape index (κ2) is 6.57. The fraction of sp³-hybridized carbons (Fsp3) is 0.714. The Bertz CT molecular complexity index is 362. The average Bonchev–Trinajstić information content (AvgIpc) is 2.39. The normalized spacial score (nSPS) is 23.7. The lowest BCUT2D eigenvalue weighted by molar-refractivity contribution is 0.300. The highest BCUT2D eigenvalue weighted by molar-refractivity contribution is 5.37. The van der Waals surface area contributed by atoms with Crippen molar-refractivity contribution in [1.82, 2.24) is 9.97 Å². The van der Waals surface area contributed by atoms with E-state index in [1.54, 1.807) is 6.33 Å². The summed E-state index contributed by atoms with van der Waals surface area (Å²) >= 11 is 0. The molecule has 1 saturated carbocycles. The van der Waals surface area contributed by atoms with Gasteiger partial charge in [0.05, 0.1) is 6.61 Å². The first-order chi connectivity index (χ1) is 8.78. The molecule has 0 bridgehead atoms. The molecule has 1 aromatic rings. The summed E-state index contributed by atoms with van der Waals surface area (Å²) in [6, 6.07) is 1.87. The van der Waals surface area contributed by atoms with Gasteiger partial charge in [-0.25, -0.2) is 9.97 Å². The van der Waals surface area contributed by atoms with Crippen molar-refractivity contribution in [2.24, 2.45) is 11.8 Å². The molecule has 4 heteroatoms. The van der Waals surface area contributed by atoms with Gasteiger partial charge in [-0.3, -0.25) is 0 Å². The monoisotopic (exact) mass is 249 g/mol. The molecule has 1 N–H and O–H groups in total. The first-order valence-electron chi connectivity index (χ1n) is 6.96. The average molecular weight is 249 g/mol. The van der Waals surface area contributed by atoms with Crippen LogP contribution in [0.1, 0.15) is 39.5 Å². The summed E-state index contributed by atoms with van der Waals surface area (Å²) in [6.45, 7) is 5.95. The molecular weight excluding hydrogens is 226 g/mol. The van der Waals surface area contributed by atoms with Crippen molar-refractivity contribution in [2.75, 3.05) is 18.5 Å². The van der Waals surface area contributed by atoms with Gasteiger partial charge in [-0.05, 0) is 31.6 Å². The number of hydrogen-bond donors (Lipinski definition) is 1. The predicted octanol–water partition coefficient (Wildman–Crippen LogP) is 3.11. The van der Waals surface area contributed by atoms with Gasteiger partial charge in [0.15, 0.2) is 0 Å². The minimum absolute atomic E-state index is 0.636. The first-order valence-corrected chi connectivity index (χ1v) is 6.96. The van der Waals surface area contributed by atoms with Crippen LogP contribution in [0.3, 0.4) is 0 Å². The molecule has 1 aliphatic carbocycles. The highest BCUT2D eigenvalue weighted by Gasteiger charge is 2.17. The van der Waals surface area contributed by atoms with Crippen molar-refractivity contribution in [3.05, 3.63) is 12.4 Å². The van der Waals surface area contributed by atoms with Gasteiger partial charge in [-0.15, -0.1) is 0 Å². The molecule has 2 rings (SSSR count). The Hall–Kier alpha value is -1.32. The topological polar surface area (TPSA) is 47.0 Å². The summed E-state index contributed by atoms with van der Waals surface area (Å²) in [5.74, 6) is 3.20. The van der Waals surface area contributed by atoms with Crippen LogP contribution >= 0.6 is 0 Å². The van der Waals surface area contributed by atoms with E-state index in [1.165, 1.54) is 25.7 Å². The quantitative estimate of drug-likeness (QED) is 0.871. The molecule has 0 atom stereocenters. The standard InChI is InChI=1S/C14H23N3O/c1-3-18-14-8-13(16-10-17-14)15-9-12-6-4-11(2)5-7-12/h8,10-12H,3-7,9H2,1-2H3,(H,15,16,17). The van der Waals surface area contributed by atoms with Gasteiger partial charge in [0.1, 0.15) is 12.1 Å². The van der Waals surface area contributed by atoms with Crippen LogP contribution in [0.25, 0.3) is 0 Å². The van der Waals surface area contributed by atoms with Crippen molar-refractivity contribution >= 4 is 5.82 Å². The van der Waals surface area contributed by atoms with Gasteiger partial charge < -0.3 is 10.1 Å². The number of anilines is 1. The van der Waals surface area contributed by atoms with E-state index < -0.39 is 0 Å². The lowest BCUT2D eigenvalue weighted by atomic mass is 9.83. The number of nitrogens with zero attached hydrogens (tertiary/aromatic N) is 2. The van der Waals surface area contributed by atoms with Crippen LogP contribution in [0.2, 0.25) is 0 Å². The van der Waals surface area contributed by atoms with Gasteiger partial charge in [0.25, 0.3) is 0 Å². The van der Waals surface area contributed by atoms with Gasteiger partial charge in [0.2, 0.25) is 5.88 Å². The van der Waals surface area contributed by atoms with Crippen LogP contribution in [-0.2, 0) is 0 Å². The van der Waals surface area contributed by atoms with Crippen LogP contribution in [0.4, 0.5) is 5.82 Å². The van der Waals surface area contributed by atoms with Gasteiger partial charge >= 0.3 is 0 Å². The number of nitrogens with one attached hydrogen (secondary N) is 1. The summed E-state index contributed by atoms with van der Waals surface area (Å²) in [7, 11) is 0. The van der Waals surface area contributed by atoms with E-state index in [0.717, 1.165) is 24.2 Å². The van der Waals surface area contributed by atoms with Crippen molar-refractivity contribution in [3.8, 4) is 5.88 Å². The summed E-state index contributed by atoms with van der Waals surface area (Å²) in [5, 5.41) is 3.40. The SMILES string of the molecule is CCOc1cc(NCC2CCC(C)CC2)ncn1. The van der Waals surface area contributed by atoms with Crippen molar-refractivity contribution in [2.45, 2.75) is 39.5 Å². The fourth-order valence-corrected chi connectivity index (χ4v) is 2.45. The van der Waals surface area contributed by atoms with Crippen LogP contribution < -0.4 is 10.1 Å². The molecule has 1 aliphatic rings. The lowest BCUT2D eigenvalue weighted by Crippen LogP contribution is -2.20. The number of ether oxygens (including phenoxy) is 1. The number of rotatable bonds is 5. The third kappa shape index (κ3) is 3.86. The molecule has 0 spiro atoms. The molecule has 1 aromatic heterocycles. The highest BCUT2D eigenvalue weighted by Crippen LogP contribution is 2.28. The minimum Gasteiger partial charge on any atom is -0.478 e. The van der Waals surface area contributed by atoms with Crippen LogP contribution in [0.5, 0.6) is 5.88 Å². The zero-order valence-corrected chi connectivity index (χ0v) is 11.4. The van der Waals surface area contributed by atoms with Crippen molar-refractivity contribution < 1.29 is 4.74 Å². The molecule has 0 amide bonds. The van der Waals surface area contributed by atoms with Crippen LogP contribution in [0.15, 0.2) is 12.4 Å². The molecule has 0 radical (unpaired) electrons. The Morgan fingerprint density at radius 1 is 1.28 bits per heavy atom. The minimum atomic E-state index is 0.636. The number of aromatic nitrogens is 2. The maximum atomic E-state index is 5.36. The van der Waals surface area contributed by atoms with Gasteiger partial charge in [-0.1, -0.05) is 19.8 Å². The predicted molar refractivity (Wildman–Crippen MR) is 72.8 cm³/mol. The van der Waals surface area contributed by atoms with Crippen molar-refractivity contribution in [1.29, 1.82) is 0 Å². The van der Waals surface area contributed by atoms with E-state index in [-0.39, 0.29) is 0 Å². The van der Waals surface area contributed by atoms with Gasteiger partial charge in [0, 0.05) is 12.6 Å². The molecule has 4 nitrogen and oxygen atoms in total. The maximum absolute atomic E-state index is 5.36. The van der Waals surface area contributed by atoms with Crippen LogP contribution in [0, 0.1) is 11.8 Å². The van der Waals surface area contributed by atoms with E-state index in [9.17, 15) is 0 Å². The van der Waals surface area contributed by atoms with E-state index >= 15 is 0 Å². The molecule has 0 aliphatic heterocycles. The summed E-state index contributed by atoms with van der Waals surface area (Å²) in [6.07, 6.45) is 6.94. The molecule has 100 valence electrons. The molecule has 1 heterocycles. The van der Waals surface area contributed by atoms with E-state index in [4.69, 9.17) is 4.74 Å². The van der Waals surface area contributed by atoms with Crippen LogP contribution in [-0.4, -0.2) is 23.1 Å². The lowest BCUT2D eigenvalue weighted by Gasteiger charge is -2.26. The maximum Gasteiger partial charge on any atom is 0.218 e.